The molecule has 0 fully saturated rings. The summed E-state index contributed by atoms with van der Waals surface area (Å²) < 4.78 is 11.4. The topological polar surface area (TPSA) is 64.6 Å². The Morgan fingerprint density at radius 2 is 1.67 bits per heavy atom. The predicted octanol–water partition coefficient (Wildman–Crippen LogP) is 2.84. The number of amides is 1. The van der Waals surface area contributed by atoms with Crippen molar-refractivity contribution in [2.45, 2.75) is 53.7 Å². The van der Waals surface area contributed by atoms with Crippen molar-refractivity contribution < 1.29 is 19.1 Å². The van der Waals surface area contributed by atoms with Crippen molar-refractivity contribution in [1.82, 2.24) is 5.32 Å². The van der Waals surface area contributed by atoms with E-state index in [2.05, 4.69) is 32.3 Å². The van der Waals surface area contributed by atoms with Crippen LogP contribution in [0.1, 0.15) is 26.3 Å². The zero-order valence-corrected chi connectivity index (χ0v) is 18.6. The molecule has 1 N–H and O–H groups in total. The van der Waals surface area contributed by atoms with Gasteiger partial charge in [0.05, 0.1) is 0 Å². The van der Waals surface area contributed by atoms with Gasteiger partial charge in [-0.15, -0.1) is 0 Å². The number of carbonyl (C=O) groups is 2. The van der Waals surface area contributed by atoms with E-state index in [0.29, 0.717) is 6.42 Å². The molecule has 0 aliphatic heterocycles. The SMILES string of the molecule is COC(=O)C(Cc1cc[c]([Sn]([CH3])([CH3])[CH3])cc1)NC(=O)OC(C)(C)C. The first-order valence-electron chi connectivity index (χ1n) is 8.09. The van der Waals surface area contributed by atoms with E-state index in [1.807, 2.05) is 12.1 Å². The van der Waals surface area contributed by atoms with Gasteiger partial charge in [-0.05, 0) is 0 Å². The minimum absolute atomic E-state index is 0.367. The Hall–Kier alpha value is -1.24. The predicted molar refractivity (Wildman–Crippen MR) is 98.3 cm³/mol. The van der Waals surface area contributed by atoms with E-state index in [4.69, 9.17) is 9.47 Å². The van der Waals surface area contributed by atoms with Crippen LogP contribution >= 0.6 is 0 Å². The molecule has 134 valence electrons. The van der Waals surface area contributed by atoms with Gasteiger partial charge in [-0.3, -0.25) is 0 Å². The van der Waals surface area contributed by atoms with E-state index in [1.54, 1.807) is 20.8 Å². The fourth-order valence-corrected chi connectivity index (χ4v) is 5.49. The quantitative estimate of drug-likeness (QED) is 0.563. The van der Waals surface area contributed by atoms with Crippen LogP contribution in [0.4, 0.5) is 4.79 Å². The number of methoxy groups -OCH3 is 1. The average molecular weight is 442 g/mol. The molecule has 1 unspecified atom stereocenters. The van der Waals surface area contributed by atoms with E-state index >= 15 is 0 Å². The van der Waals surface area contributed by atoms with Crippen LogP contribution in [0.2, 0.25) is 14.8 Å². The Kier molecular flexibility index (Phi) is 7.13. The summed E-state index contributed by atoms with van der Waals surface area (Å²) in [4.78, 5) is 31.0. The molecule has 6 heteroatoms. The summed E-state index contributed by atoms with van der Waals surface area (Å²) in [7, 11) is 1.31. The van der Waals surface area contributed by atoms with Crippen LogP contribution in [0, 0.1) is 0 Å². The molecular weight excluding hydrogens is 413 g/mol. The molecule has 0 heterocycles. The second kappa shape index (κ2) is 8.23. The number of rotatable bonds is 5. The maximum atomic E-state index is 12.0. The van der Waals surface area contributed by atoms with Crippen LogP contribution in [0.25, 0.3) is 0 Å². The third kappa shape index (κ3) is 7.11. The Morgan fingerprint density at radius 1 is 1.12 bits per heavy atom. The van der Waals surface area contributed by atoms with Gasteiger partial charge in [0.25, 0.3) is 0 Å². The molecule has 0 aliphatic rings. The second-order valence-electron chi connectivity index (χ2n) is 7.87. The fourth-order valence-electron chi connectivity index (χ4n) is 2.16. The summed E-state index contributed by atoms with van der Waals surface area (Å²) in [6.07, 6.45) is -0.258. The van der Waals surface area contributed by atoms with E-state index in [9.17, 15) is 9.59 Å². The molecule has 1 aromatic rings. The van der Waals surface area contributed by atoms with Crippen LogP contribution in [0.3, 0.4) is 0 Å². The van der Waals surface area contributed by atoms with Gasteiger partial charge in [-0.2, -0.15) is 0 Å². The van der Waals surface area contributed by atoms with Gasteiger partial charge in [0.2, 0.25) is 0 Å². The van der Waals surface area contributed by atoms with Gasteiger partial charge < -0.3 is 0 Å². The van der Waals surface area contributed by atoms with E-state index < -0.39 is 42.1 Å². The number of nitrogens with one attached hydrogen (secondary N) is 1. The first kappa shape index (κ1) is 20.8. The molecule has 0 saturated heterocycles. The Morgan fingerprint density at radius 3 is 2.08 bits per heavy atom. The summed E-state index contributed by atoms with van der Waals surface area (Å²) in [5.74, 6) is -0.486. The van der Waals surface area contributed by atoms with E-state index in [1.165, 1.54) is 10.7 Å². The van der Waals surface area contributed by atoms with Crippen molar-refractivity contribution in [3.63, 3.8) is 0 Å². The number of esters is 1. The molecule has 0 saturated carbocycles. The number of hydrogen-bond donors (Lipinski definition) is 1. The summed E-state index contributed by atoms with van der Waals surface area (Å²) in [6, 6.07) is 7.53. The molecular formula is C18H29NO4Sn. The number of alkyl carbamates (subject to hydrolysis) is 1. The molecule has 0 aromatic heterocycles. The summed E-state index contributed by atoms with van der Waals surface area (Å²) in [5, 5.41) is 2.60. The van der Waals surface area contributed by atoms with Gasteiger partial charge >= 0.3 is 149 Å². The van der Waals surface area contributed by atoms with Crippen molar-refractivity contribution in [1.29, 1.82) is 0 Å². The average Bonchev–Trinajstić information content (AvgIpc) is 2.43. The summed E-state index contributed by atoms with van der Waals surface area (Å²) in [5.41, 5.74) is 0.354. The molecule has 0 spiro atoms. The van der Waals surface area contributed by atoms with Crippen molar-refractivity contribution in [3.8, 4) is 0 Å². The van der Waals surface area contributed by atoms with Gasteiger partial charge in [-0.25, -0.2) is 0 Å². The van der Waals surface area contributed by atoms with Crippen LogP contribution in [0.5, 0.6) is 0 Å². The molecule has 0 aliphatic carbocycles. The van der Waals surface area contributed by atoms with Crippen LogP contribution in [-0.4, -0.2) is 49.2 Å². The Bertz CT molecular complexity index is 570. The molecule has 1 amide bonds. The van der Waals surface area contributed by atoms with E-state index in [-0.39, 0.29) is 0 Å². The van der Waals surface area contributed by atoms with Crippen LogP contribution in [0.15, 0.2) is 24.3 Å². The molecule has 24 heavy (non-hydrogen) atoms. The second-order valence-corrected chi connectivity index (χ2v) is 22.4. The Labute approximate surface area is 149 Å². The number of hydrogen-bond acceptors (Lipinski definition) is 4. The maximum absolute atomic E-state index is 12.0. The van der Waals surface area contributed by atoms with Gasteiger partial charge in [0, 0.05) is 0 Å². The first-order chi connectivity index (χ1) is 10.9. The number of benzene rings is 1. The number of ether oxygens (including phenoxy) is 2. The van der Waals surface area contributed by atoms with Crippen LogP contribution < -0.4 is 8.90 Å². The summed E-state index contributed by atoms with van der Waals surface area (Å²) in [6.45, 7) is 5.32. The van der Waals surface area contributed by atoms with Gasteiger partial charge in [-0.1, -0.05) is 0 Å². The normalized spacial score (nSPS) is 13.1. The van der Waals surface area contributed by atoms with Crippen molar-refractivity contribution in [3.05, 3.63) is 29.8 Å². The summed E-state index contributed by atoms with van der Waals surface area (Å²) >= 11 is -2.09. The Balaban J connectivity index is 2.83. The minimum atomic E-state index is -2.09. The van der Waals surface area contributed by atoms with Gasteiger partial charge in [0.15, 0.2) is 0 Å². The third-order valence-corrected chi connectivity index (χ3v) is 9.33. The monoisotopic (exact) mass is 443 g/mol. The van der Waals surface area contributed by atoms with Crippen molar-refractivity contribution >= 4 is 34.0 Å². The fraction of sp³-hybridized carbons (Fsp3) is 0.556. The van der Waals surface area contributed by atoms with E-state index in [0.717, 1.165) is 5.56 Å². The first-order valence-corrected chi connectivity index (χ1v) is 18.1. The molecule has 1 atom stereocenters. The molecule has 0 bridgehead atoms. The molecule has 1 rings (SSSR count). The van der Waals surface area contributed by atoms with Gasteiger partial charge in [0.1, 0.15) is 0 Å². The van der Waals surface area contributed by atoms with Crippen molar-refractivity contribution in [2.75, 3.05) is 7.11 Å². The standard InChI is InChI=1S/C15H20NO4.3CH3.Sn/c1-15(2,3)20-14(18)16-12(13(17)19-4)10-11-8-6-5-7-9-11;;;;/h6-9,12H,10H2,1-4H3,(H,16,18);3*1H3;. The zero-order valence-electron chi connectivity index (χ0n) is 15.7. The molecule has 5 nitrogen and oxygen atoms in total. The van der Waals surface area contributed by atoms with Crippen molar-refractivity contribution in [2.24, 2.45) is 0 Å². The zero-order chi connectivity index (χ0) is 18.5. The molecule has 0 radical (unpaired) electrons. The number of carbonyl (C=O) groups excluding carboxylic acids is 2. The van der Waals surface area contributed by atoms with Crippen LogP contribution in [-0.2, 0) is 20.7 Å². The molecule has 1 aromatic carbocycles. The third-order valence-electron chi connectivity index (χ3n) is 3.44.